The van der Waals surface area contributed by atoms with E-state index in [1.807, 2.05) is 6.92 Å². The van der Waals surface area contributed by atoms with Crippen LogP contribution in [0.1, 0.15) is 30.1 Å². The average Bonchev–Trinajstić information content (AvgIpc) is 2.44. The number of amides is 1. The molecule has 0 saturated carbocycles. The summed E-state index contributed by atoms with van der Waals surface area (Å²) in [6.07, 6.45) is 1.85. The van der Waals surface area contributed by atoms with Gasteiger partial charge in [-0.2, -0.15) is 0 Å². The van der Waals surface area contributed by atoms with Gasteiger partial charge in [-0.1, -0.05) is 13.3 Å². The summed E-state index contributed by atoms with van der Waals surface area (Å²) in [5, 5.41) is 10.9. The molecule has 1 aromatic rings. The molecular weight excluding hydrogens is 262 g/mol. The molecule has 0 aliphatic rings. The first-order valence-electron chi connectivity index (χ1n) is 6.39. The Morgan fingerprint density at radius 3 is 2.70 bits per heavy atom. The van der Waals surface area contributed by atoms with Crippen LogP contribution in [0.25, 0.3) is 0 Å². The molecule has 1 rings (SSSR count). The van der Waals surface area contributed by atoms with Gasteiger partial charge >= 0.3 is 5.97 Å². The molecule has 0 radical (unpaired) electrons. The first-order valence-corrected chi connectivity index (χ1v) is 6.39. The van der Waals surface area contributed by atoms with Crippen LogP contribution in [0.5, 0.6) is 11.5 Å². The van der Waals surface area contributed by atoms with Crippen molar-refractivity contribution in [1.82, 2.24) is 5.32 Å². The molecular formula is C14H19NO5. The predicted molar refractivity (Wildman–Crippen MR) is 73.4 cm³/mol. The van der Waals surface area contributed by atoms with Gasteiger partial charge in [-0.25, -0.2) is 0 Å². The van der Waals surface area contributed by atoms with Crippen molar-refractivity contribution in [3.63, 3.8) is 0 Å². The monoisotopic (exact) mass is 281 g/mol. The number of hydrogen-bond acceptors (Lipinski definition) is 4. The summed E-state index contributed by atoms with van der Waals surface area (Å²) in [5.74, 6) is -0.617. The lowest BCUT2D eigenvalue weighted by molar-refractivity contribution is -0.135. The Morgan fingerprint density at radius 2 is 2.10 bits per heavy atom. The lowest BCUT2D eigenvalue weighted by Gasteiger charge is -2.12. The van der Waals surface area contributed by atoms with E-state index < -0.39 is 18.4 Å². The number of aliphatic carboxylic acids is 1. The number of benzene rings is 1. The van der Waals surface area contributed by atoms with Gasteiger partial charge in [0, 0.05) is 6.07 Å². The van der Waals surface area contributed by atoms with E-state index in [2.05, 4.69) is 5.32 Å². The maximum atomic E-state index is 11.9. The minimum absolute atomic E-state index is 0.295. The number of unbranched alkanes of at least 4 members (excludes halogenated alkanes) is 1. The topological polar surface area (TPSA) is 84.9 Å². The Kier molecular flexibility index (Phi) is 6.36. The number of nitrogens with one attached hydrogen (secondary N) is 1. The molecule has 2 N–H and O–H groups in total. The Morgan fingerprint density at radius 1 is 1.35 bits per heavy atom. The number of ether oxygens (including phenoxy) is 2. The van der Waals surface area contributed by atoms with Crippen LogP contribution >= 0.6 is 0 Å². The molecule has 0 aliphatic carbocycles. The third-order valence-corrected chi connectivity index (χ3v) is 2.59. The second kappa shape index (κ2) is 8.04. The molecule has 110 valence electrons. The number of carbonyl (C=O) groups is 2. The zero-order valence-corrected chi connectivity index (χ0v) is 11.6. The van der Waals surface area contributed by atoms with Crippen molar-refractivity contribution in [2.75, 3.05) is 20.3 Å². The van der Waals surface area contributed by atoms with Gasteiger partial charge in [-0.15, -0.1) is 0 Å². The molecule has 20 heavy (non-hydrogen) atoms. The molecule has 0 bridgehead atoms. The van der Waals surface area contributed by atoms with Gasteiger partial charge in [-0.05, 0) is 18.6 Å². The Bertz CT molecular complexity index is 473. The van der Waals surface area contributed by atoms with Crippen molar-refractivity contribution in [1.29, 1.82) is 0 Å². The number of carbonyl (C=O) groups excluding carboxylic acids is 1. The van der Waals surface area contributed by atoms with E-state index in [1.54, 1.807) is 18.2 Å². The molecule has 1 amide bonds. The highest BCUT2D eigenvalue weighted by Gasteiger charge is 2.14. The maximum absolute atomic E-state index is 11.9. The molecule has 0 spiro atoms. The summed E-state index contributed by atoms with van der Waals surface area (Å²) in [4.78, 5) is 22.4. The molecule has 0 fully saturated rings. The van der Waals surface area contributed by atoms with Crippen LogP contribution in [0.4, 0.5) is 0 Å². The summed E-state index contributed by atoms with van der Waals surface area (Å²) in [6, 6.07) is 4.80. The molecule has 0 aromatic heterocycles. The minimum Gasteiger partial charge on any atom is -0.497 e. The number of carboxylic acids is 1. The zero-order valence-electron chi connectivity index (χ0n) is 11.6. The summed E-state index contributed by atoms with van der Waals surface area (Å²) in [6.45, 7) is 2.09. The number of methoxy groups -OCH3 is 1. The second-order valence-electron chi connectivity index (χ2n) is 4.14. The smallest absolute Gasteiger partial charge is 0.322 e. The fraction of sp³-hybridized carbons (Fsp3) is 0.429. The third-order valence-electron chi connectivity index (χ3n) is 2.59. The third kappa shape index (κ3) is 4.79. The maximum Gasteiger partial charge on any atom is 0.322 e. The summed E-state index contributed by atoms with van der Waals surface area (Å²) in [7, 11) is 1.52. The van der Waals surface area contributed by atoms with Gasteiger partial charge in [0.25, 0.3) is 5.91 Å². The van der Waals surface area contributed by atoms with E-state index in [-0.39, 0.29) is 0 Å². The Labute approximate surface area is 117 Å². The van der Waals surface area contributed by atoms with Crippen LogP contribution in [0.3, 0.4) is 0 Å². The van der Waals surface area contributed by atoms with Crippen LogP contribution in [0.2, 0.25) is 0 Å². The fourth-order valence-electron chi connectivity index (χ4n) is 1.51. The zero-order chi connectivity index (χ0) is 15.0. The Hall–Kier alpha value is -2.24. The van der Waals surface area contributed by atoms with Crippen LogP contribution in [-0.2, 0) is 4.79 Å². The van der Waals surface area contributed by atoms with E-state index in [0.29, 0.717) is 23.7 Å². The second-order valence-corrected chi connectivity index (χ2v) is 4.14. The number of carboxylic acid groups (broad SMARTS) is 1. The molecule has 0 atom stereocenters. The van der Waals surface area contributed by atoms with Crippen LogP contribution in [0, 0.1) is 0 Å². The molecule has 1 aromatic carbocycles. The SMILES string of the molecule is CCCCOc1cc(OC)ccc1C(=O)NCC(=O)O. The first kappa shape index (κ1) is 15.8. The van der Waals surface area contributed by atoms with E-state index in [0.717, 1.165) is 12.8 Å². The lowest BCUT2D eigenvalue weighted by Crippen LogP contribution is -2.29. The van der Waals surface area contributed by atoms with Gasteiger partial charge in [-0.3, -0.25) is 9.59 Å². The van der Waals surface area contributed by atoms with Gasteiger partial charge < -0.3 is 19.9 Å². The van der Waals surface area contributed by atoms with Crippen molar-refractivity contribution in [2.24, 2.45) is 0 Å². The van der Waals surface area contributed by atoms with Crippen LogP contribution in [-0.4, -0.2) is 37.2 Å². The summed E-state index contributed by atoms with van der Waals surface area (Å²) in [5.41, 5.74) is 0.295. The van der Waals surface area contributed by atoms with Gasteiger partial charge in [0.05, 0.1) is 19.3 Å². The Balaban J connectivity index is 2.86. The number of rotatable bonds is 8. The molecule has 0 unspecified atom stereocenters. The highest BCUT2D eigenvalue weighted by atomic mass is 16.5. The quantitative estimate of drug-likeness (QED) is 0.708. The largest absolute Gasteiger partial charge is 0.497 e. The minimum atomic E-state index is -1.10. The highest BCUT2D eigenvalue weighted by Crippen LogP contribution is 2.25. The fourth-order valence-corrected chi connectivity index (χ4v) is 1.51. The first-order chi connectivity index (χ1) is 9.58. The van der Waals surface area contributed by atoms with Gasteiger partial charge in [0.1, 0.15) is 18.0 Å². The van der Waals surface area contributed by atoms with E-state index in [9.17, 15) is 9.59 Å². The predicted octanol–water partition coefficient (Wildman–Crippen LogP) is 1.69. The molecule has 6 heteroatoms. The number of hydrogen-bond donors (Lipinski definition) is 2. The summed E-state index contributed by atoms with van der Waals surface area (Å²) >= 11 is 0. The van der Waals surface area contributed by atoms with Crippen LogP contribution in [0.15, 0.2) is 18.2 Å². The van der Waals surface area contributed by atoms with Gasteiger partial charge in [0.2, 0.25) is 0 Å². The van der Waals surface area contributed by atoms with E-state index >= 15 is 0 Å². The van der Waals surface area contributed by atoms with Crippen molar-refractivity contribution in [3.05, 3.63) is 23.8 Å². The summed E-state index contributed by atoms with van der Waals surface area (Å²) < 4.78 is 10.6. The van der Waals surface area contributed by atoms with E-state index in [4.69, 9.17) is 14.6 Å². The van der Waals surface area contributed by atoms with E-state index in [1.165, 1.54) is 7.11 Å². The van der Waals surface area contributed by atoms with Crippen LogP contribution < -0.4 is 14.8 Å². The van der Waals surface area contributed by atoms with Crippen molar-refractivity contribution >= 4 is 11.9 Å². The molecule has 6 nitrogen and oxygen atoms in total. The van der Waals surface area contributed by atoms with Gasteiger partial charge in [0.15, 0.2) is 0 Å². The normalized spacial score (nSPS) is 9.90. The van der Waals surface area contributed by atoms with Crippen molar-refractivity contribution < 1.29 is 24.2 Å². The lowest BCUT2D eigenvalue weighted by atomic mass is 10.1. The average molecular weight is 281 g/mol. The van der Waals surface area contributed by atoms with Crippen molar-refractivity contribution in [2.45, 2.75) is 19.8 Å². The van der Waals surface area contributed by atoms with Crippen molar-refractivity contribution in [3.8, 4) is 11.5 Å². The standard InChI is InChI=1S/C14H19NO5/c1-3-4-7-20-12-8-10(19-2)5-6-11(12)14(18)15-9-13(16)17/h5-6,8H,3-4,7,9H2,1-2H3,(H,15,18)(H,16,17). The molecule has 0 aliphatic heterocycles. The molecule has 0 heterocycles. The highest BCUT2D eigenvalue weighted by molar-refractivity contribution is 5.98. The molecule has 0 saturated heterocycles.